The van der Waals surface area contributed by atoms with Gasteiger partial charge in [-0.25, -0.2) is 10.2 Å². The number of thiazole rings is 1. The van der Waals surface area contributed by atoms with Crippen LogP contribution in [0.25, 0.3) is 21.2 Å². The zero-order valence-corrected chi connectivity index (χ0v) is 19.4. The lowest BCUT2D eigenvalue weighted by Gasteiger charge is -2.08. The molecule has 1 N–H and O–H groups in total. The number of rotatable bonds is 5. The number of amides is 1. The molecule has 8 heteroatoms. The number of ether oxygens (including phenoxy) is 1. The minimum atomic E-state index is -0.385. The van der Waals surface area contributed by atoms with Crippen molar-refractivity contribution < 1.29 is 13.9 Å². The number of hydrogen-bond donors (Lipinski definition) is 1. The summed E-state index contributed by atoms with van der Waals surface area (Å²) in [5.41, 5.74) is 6.06. The summed E-state index contributed by atoms with van der Waals surface area (Å²) in [6, 6.07) is 22.0. The third-order valence-electron chi connectivity index (χ3n) is 5.51. The fraction of sp³-hybridized carbons (Fsp3) is 0.115. The number of carbonyl (C=O) groups is 1. The van der Waals surface area contributed by atoms with E-state index in [-0.39, 0.29) is 11.5 Å². The minimum Gasteiger partial charge on any atom is -0.489 e. The van der Waals surface area contributed by atoms with Crippen molar-refractivity contribution in [2.75, 3.05) is 0 Å². The van der Waals surface area contributed by atoms with Gasteiger partial charge in [0.25, 0.3) is 5.91 Å². The first-order valence-electron chi connectivity index (χ1n) is 10.6. The Morgan fingerprint density at radius 2 is 1.88 bits per heavy atom. The summed E-state index contributed by atoms with van der Waals surface area (Å²) in [6.45, 7) is 2.18. The Morgan fingerprint density at radius 1 is 1.09 bits per heavy atom. The van der Waals surface area contributed by atoms with E-state index in [1.807, 2.05) is 67.1 Å². The number of nitrogens with one attached hydrogen (secondary N) is 1. The molecular weight excluding hydrogens is 450 g/mol. The molecule has 0 aliphatic heterocycles. The second-order valence-electron chi connectivity index (χ2n) is 7.86. The van der Waals surface area contributed by atoms with Crippen LogP contribution in [0.4, 0.5) is 0 Å². The first-order valence-corrected chi connectivity index (χ1v) is 11.4. The van der Waals surface area contributed by atoms with Crippen molar-refractivity contribution in [2.45, 2.75) is 13.5 Å². The monoisotopic (exact) mass is 471 g/mol. The van der Waals surface area contributed by atoms with E-state index in [9.17, 15) is 9.59 Å². The summed E-state index contributed by atoms with van der Waals surface area (Å²) in [5, 5.41) is 5.15. The van der Waals surface area contributed by atoms with Crippen molar-refractivity contribution in [3.63, 3.8) is 0 Å². The molecule has 0 atom stereocenters. The van der Waals surface area contributed by atoms with Crippen molar-refractivity contribution in [1.29, 1.82) is 0 Å². The van der Waals surface area contributed by atoms with Gasteiger partial charge in [-0.1, -0.05) is 35.6 Å². The molecule has 0 aliphatic rings. The summed E-state index contributed by atoms with van der Waals surface area (Å²) < 4.78 is 14.2. The van der Waals surface area contributed by atoms with Crippen LogP contribution in [0.15, 0.2) is 87.1 Å². The third-order valence-corrected chi connectivity index (χ3v) is 6.63. The number of carbonyl (C=O) groups excluding carboxylic acids is 1. The SMILES string of the molecule is Cc1cc(=O)oc2cc(OCc3ccc(C(=O)N/N=c4\sc5ccccc5n4C)cc3)ccc12. The molecule has 0 unspecified atom stereocenters. The Labute approximate surface area is 198 Å². The molecule has 0 spiro atoms. The Kier molecular flexibility index (Phi) is 5.73. The van der Waals surface area contributed by atoms with Crippen LogP contribution >= 0.6 is 11.3 Å². The molecule has 0 saturated carbocycles. The highest BCUT2D eigenvalue weighted by atomic mass is 32.1. The van der Waals surface area contributed by atoms with Crippen LogP contribution in [0, 0.1) is 6.92 Å². The standard InChI is InChI=1S/C26H21N3O4S/c1-16-13-24(30)33-22-14-19(11-12-20(16)22)32-15-17-7-9-18(10-8-17)25(31)27-28-26-29(2)21-5-3-4-6-23(21)34-26/h3-14H,15H2,1-2H3,(H,27,31)/b28-26-. The lowest BCUT2D eigenvalue weighted by atomic mass is 10.1. The van der Waals surface area contributed by atoms with E-state index >= 15 is 0 Å². The van der Waals surface area contributed by atoms with Gasteiger partial charge >= 0.3 is 5.63 Å². The molecule has 7 nitrogen and oxygen atoms in total. The zero-order chi connectivity index (χ0) is 23.7. The van der Waals surface area contributed by atoms with Crippen LogP contribution in [0.3, 0.4) is 0 Å². The number of fused-ring (bicyclic) bond motifs is 2. The average molecular weight is 472 g/mol. The Hall–Kier alpha value is -4.17. The number of hydrogen-bond acceptors (Lipinski definition) is 6. The van der Waals surface area contributed by atoms with Crippen LogP contribution in [0.2, 0.25) is 0 Å². The molecule has 0 saturated heterocycles. The number of nitrogens with zero attached hydrogens (tertiary/aromatic N) is 2. The first-order chi connectivity index (χ1) is 16.5. The van der Waals surface area contributed by atoms with Crippen molar-refractivity contribution in [2.24, 2.45) is 12.1 Å². The Morgan fingerprint density at radius 3 is 2.68 bits per heavy atom. The smallest absolute Gasteiger partial charge is 0.336 e. The van der Waals surface area contributed by atoms with Crippen LogP contribution in [0.5, 0.6) is 5.75 Å². The van der Waals surface area contributed by atoms with E-state index in [4.69, 9.17) is 9.15 Å². The maximum atomic E-state index is 12.5. The maximum Gasteiger partial charge on any atom is 0.336 e. The van der Waals surface area contributed by atoms with E-state index < -0.39 is 0 Å². The molecule has 5 rings (SSSR count). The van der Waals surface area contributed by atoms with Gasteiger partial charge in [-0.15, -0.1) is 5.10 Å². The van der Waals surface area contributed by atoms with Gasteiger partial charge in [-0.3, -0.25) is 4.79 Å². The molecule has 0 bridgehead atoms. The molecule has 0 aliphatic carbocycles. The van der Waals surface area contributed by atoms with Crippen molar-refractivity contribution in [1.82, 2.24) is 9.99 Å². The highest BCUT2D eigenvalue weighted by Crippen LogP contribution is 2.23. The molecule has 34 heavy (non-hydrogen) atoms. The molecule has 2 heterocycles. The van der Waals surface area contributed by atoms with Gasteiger partial charge < -0.3 is 13.7 Å². The molecule has 3 aromatic carbocycles. The fourth-order valence-electron chi connectivity index (χ4n) is 3.67. The summed E-state index contributed by atoms with van der Waals surface area (Å²) >= 11 is 1.51. The lowest BCUT2D eigenvalue weighted by molar-refractivity contribution is 0.0953. The Balaban J connectivity index is 1.25. The van der Waals surface area contributed by atoms with Gasteiger partial charge in [0.1, 0.15) is 17.9 Å². The largest absolute Gasteiger partial charge is 0.489 e. The molecule has 5 aromatic rings. The summed E-state index contributed by atoms with van der Waals surface area (Å²) in [5.74, 6) is 0.308. The second-order valence-corrected chi connectivity index (χ2v) is 8.87. The normalized spacial score (nSPS) is 11.8. The van der Waals surface area contributed by atoms with Crippen molar-refractivity contribution in [3.8, 4) is 5.75 Å². The maximum absolute atomic E-state index is 12.5. The van der Waals surface area contributed by atoms with Gasteiger partial charge in [0, 0.05) is 30.1 Å². The van der Waals surface area contributed by atoms with E-state index in [0.717, 1.165) is 26.7 Å². The highest BCUT2D eigenvalue weighted by Gasteiger charge is 2.08. The topological polar surface area (TPSA) is 85.8 Å². The summed E-state index contributed by atoms with van der Waals surface area (Å²) in [4.78, 5) is 24.9. The van der Waals surface area contributed by atoms with E-state index in [2.05, 4.69) is 10.5 Å². The van der Waals surface area contributed by atoms with E-state index in [1.165, 1.54) is 17.4 Å². The summed E-state index contributed by atoms with van der Waals surface area (Å²) in [6.07, 6.45) is 0. The number of aromatic nitrogens is 1. The Bertz CT molecular complexity index is 1650. The fourth-order valence-corrected chi connectivity index (χ4v) is 4.64. The van der Waals surface area contributed by atoms with Gasteiger partial charge in [-0.2, -0.15) is 0 Å². The number of para-hydroxylation sites is 1. The minimum absolute atomic E-state index is 0.287. The van der Waals surface area contributed by atoms with Crippen molar-refractivity contribution >= 4 is 38.4 Å². The van der Waals surface area contributed by atoms with Gasteiger partial charge in [0.15, 0.2) is 0 Å². The second kappa shape index (κ2) is 8.99. The molecule has 2 aromatic heterocycles. The van der Waals surface area contributed by atoms with Crippen LogP contribution in [0.1, 0.15) is 21.5 Å². The lowest BCUT2D eigenvalue weighted by Crippen LogP contribution is -2.23. The van der Waals surface area contributed by atoms with Gasteiger partial charge in [0.05, 0.1) is 10.2 Å². The predicted molar refractivity (Wildman–Crippen MR) is 132 cm³/mol. The highest BCUT2D eigenvalue weighted by molar-refractivity contribution is 7.16. The van der Waals surface area contributed by atoms with Crippen LogP contribution in [-0.4, -0.2) is 10.5 Å². The number of aryl methyl sites for hydroxylation is 2. The predicted octanol–water partition coefficient (Wildman–Crippen LogP) is 4.48. The quantitative estimate of drug-likeness (QED) is 0.303. The van der Waals surface area contributed by atoms with Crippen LogP contribution < -0.4 is 20.6 Å². The van der Waals surface area contributed by atoms with Gasteiger partial charge in [0.2, 0.25) is 4.80 Å². The molecule has 0 fully saturated rings. The third kappa shape index (κ3) is 4.35. The van der Waals surface area contributed by atoms with Gasteiger partial charge in [-0.05, 0) is 54.4 Å². The molecule has 170 valence electrons. The first kappa shape index (κ1) is 21.7. The van der Waals surface area contributed by atoms with Crippen LogP contribution in [-0.2, 0) is 13.7 Å². The zero-order valence-electron chi connectivity index (χ0n) is 18.6. The molecular formula is C26H21N3O4S. The van der Waals surface area contributed by atoms with Crippen molar-refractivity contribution in [3.05, 3.63) is 105 Å². The number of benzene rings is 3. The van der Waals surface area contributed by atoms with E-state index in [0.29, 0.717) is 28.3 Å². The average Bonchev–Trinajstić information content (AvgIpc) is 3.16. The summed E-state index contributed by atoms with van der Waals surface area (Å²) in [7, 11) is 1.92. The molecule has 0 radical (unpaired) electrons. The van der Waals surface area contributed by atoms with E-state index in [1.54, 1.807) is 18.2 Å². The molecule has 1 amide bonds.